The molecule has 2 N–H and O–H groups in total. The van der Waals surface area contributed by atoms with Crippen molar-refractivity contribution in [2.75, 3.05) is 4.90 Å². The first kappa shape index (κ1) is 20.3. The molecule has 5 nitrogen and oxygen atoms in total. The smallest absolute Gasteiger partial charge is 0.332 e. The molecular weight excluding hydrogens is 400 g/mol. The molecule has 3 aromatic carbocycles. The Kier molecular flexibility index (Phi) is 5.66. The van der Waals surface area contributed by atoms with Gasteiger partial charge in [0.2, 0.25) is 0 Å². The number of nitrogens with zero attached hydrogens (tertiary/aromatic N) is 1. The van der Waals surface area contributed by atoms with Crippen LogP contribution in [0.4, 0.5) is 5.69 Å². The molecule has 6 heteroatoms. The van der Waals surface area contributed by atoms with Gasteiger partial charge in [-0.1, -0.05) is 54.9 Å². The Morgan fingerprint density at radius 2 is 1.80 bits per heavy atom. The number of carbonyl (C=O) groups excluding carboxylic acids is 1. The molecule has 1 unspecified atom stereocenters. The third-order valence-electron chi connectivity index (χ3n) is 5.14. The number of ether oxygens (including phenoxy) is 2. The average molecular weight is 423 g/mol. The van der Waals surface area contributed by atoms with E-state index >= 15 is 0 Å². The van der Waals surface area contributed by atoms with Crippen LogP contribution in [0, 0.1) is 0 Å². The van der Waals surface area contributed by atoms with Crippen LogP contribution in [-0.4, -0.2) is 11.7 Å². The maximum atomic E-state index is 13.7. The molecule has 1 amide bonds. The van der Waals surface area contributed by atoms with Gasteiger partial charge in [0.05, 0.1) is 12.2 Å². The van der Waals surface area contributed by atoms with Crippen molar-refractivity contribution < 1.29 is 14.3 Å². The minimum absolute atomic E-state index is 0.253. The van der Waals surface area contributed by atoms with Gasteiger partial charge >= 0.3 is 11.7 Å². The standard InChI is InChI=1S/C24H23ClN2O3/c1-2-24(29-20-7-5-6-18(14-20)15-26)23(28)27(16-17-10-12-19(25)13-11-17)21-8-3-4-9-22(21)30-24/h3-14H,2,15-16,26H2,1H3. The highest BCUT2D eigenvalue weighted by molar-refractivity contribution is 6.30. The van der Waals surface area contributed by atoms with Gasteiger partial charge in [-0.3, -0.25) is 9.69 Å². The van der Waals surface area contributed by atoms with Crippen molar-refractivity contribution in [1.29, 1.82) is 0 Å². The van der Waals surface area contributed by atoms with E-state index in [0.717, 1.165) is 11.1 Å². The molecule has 1 aliphatic heterocycles. The lowest BCUT2D eigenvalue weighted by Gasteiger charge is -2.41. The van der Waals surface area contributed by atoms with Gasteiger partial charge in [0.1, 0.15) is 11.5 Å². The number of amides is 1. The van der Waals surface area contributed by atoms with Gasteiger partial charge in [0.25, 0.3) is 0 Å². The quantitative estimate of drug-likeness (QED) is 0.613. The molecule has 1 heterocycles. The van der Waals surface area contributed by atoms with Gasteiger partial charge in [0.15, 0.2) is 0 Å². The summed E-state index contributed by atoms with van der Waals surface area (Å²) in [5.41, 5.74) is 8.34. The second-order valence-electron chi connectivity index (χ2n) is 7.15. The highest BCUT2D eigenvalue weighted by atomic mass is 35.5. The zero-order valence-electron chi connectivity index (χ0n) is 16.7. The number of nitrogens with two attached hydrogens (primary N) is 1. The third-order valence-corrected chi connectivity index (χ3v) is 5.39. The number of benzene rings is 3. The number of carbonyl (C=O) groups is 1. The molecule has 0 saturated carbocycles. The summed E-state index contributed by atoms with van der Waals surface area (Å²) < 4.78 is 12.4. The summed E-state index contributed by atoms with van der Waals surface area (Å²) in [6.45, 7) is 2.64. The summed E-state index contributed by atoms with van der Waals surface area (Å²) in [7, 11) is 0. The number of para-hydroxylation sites is 2. The molecule has 154 valence electrons. The van der Waals surface area contributed by atoms with Gasteiger partial charge in [-0.15, -0.1) is 0 Å². The first-order valence-corrected chi connectivity index (χ1v) is 10.2. The normalized spacial score (nSPS) is 18.0. The van der Waals surface area contributed by atoms with Crippen LogP contribution in [0.5, 0.6) is 11.5 Å². The van der Waals surface area contributed by atoms with Crippen molar-refractivity contribution in [2.24, 2.45) is 5.73 Å². The van der Waals surface area contributed by atoms with E-state index in [2.05, 4.69) is 0 Å². The van der Waals surface area contributed by atoms with Gasteiger partial charge in [-0.25, -0.2) is 0 Å². The highest BCUT2D eigenvalue weighted by Gasteiger charge is 2.49. The van der Waals surface area contributed by atoms with Crippen molar-refractivity contribution in [3.63, 3.8) is 0 Å². The number of rotatable bonds is 6. The Bertz CT molecular complexity index is 1050. The average Bonchev–Trinajstić information content (AvgIpc) is 2.78. The third kappa shape index (κ3) is 3.86. The molecule has 0 saturated heterocycles. The van der Waals surface area contributed by atoms with Crippen molar-refractivity contribution >= 4 is 23.2 Å². The molecule has 3 aromatic rings. The zero-order chi connectivity index (χ0) is 21.1. The minimum Gasteiger partial charge on any atom is -0.444 e. The fourth-order valence-corrected chi connectivity index (χ4v) is 3.64. The van der Waals surface area contributed by atoms with Gasteiger partial charge in [-0.2, -0.15) is 0 Å². The summed E-state index contributed by atoms with van der Waals surface area (Å²) in [6, 6.07) is 22.3. The van der Waals surface area contributed by atoms with E-state index in [-0.39, 0.29) is 5.91 Å². The summed E-state index contributed by atoms with van der Waals surface area (Å²) in [6.07, 6.45) is 0.337. The molecule has 0 spiro atoms. The second-order valence-corrected chi connectivity index (χ2v) is 7.58. The predicted octanol–water partition coefficient (Wildman–Crippen LogP) is 4.91. The number of hydrogen-bond donors (Lipinski definition) is 1. The molecule has 30 heavy (non-hydrogen) atoms. The molecule has 0 aromatic heterocycles. The first-order valence-electron chi connectivity index (χ1n) is 9.87. The highest BCUT2D eigenvalue weighted by Crippen LogP contribution is 2.41. The molecule has 4 rings (SSSR count). The lowest BCUT2D eigenvalue weighted by molar-refractivity contribution is -0.167. The lowest BCUT2D eigenvalue weighted by atomic mass is 10.1. The van der Waals surface area contributed by atoms with Crippen LogP contribution in [0.3, 0.4) is 0 Å². The fraction of sp³-hybridized carbons (Fsp3) is 0.208. The van der Waals surface area contributed by atoms with E-state index in [1.807, 2.05) is 73.7 Å². The summed E-state index contributed by atoms with van der Waals surface area (Å²) in [4.78, 5) is 15.4. The zero-order valence-corrected chi connectivity index (χ0v) is 17.4. The fourth-order valence-electron chi connectivity index (χ4n) is 3.52. The summed E-state index contributed by atoms with van der Waals surface area (Å²) in [5, 5.41) is 0.651. The molecule has 0 radical (unpaired) electrons. The van der Waals surface area contributed by atoms with Crippen molar-refractivity contribution in [3.05, 3.63) is 88.9 Å². The van der Waals surface area contributed by atoms with E-state index in [1.54, 1.807) is 11.0 Å². The summed E-state index contributed by atoms with van der Waals surface area (Å²) >= 11 is 6.02. The maximum absolute atomic E-state index is 13.7. The van der Waals surface area contributed by atoms with Crippen LogP contribution in [0.25, 0.3) is 0 Å². The molecular formula is C24H23ClN2O3. The van der Waals surface area contributed by atoms with Crippen LogP contribution >= 0.6 is 11.6 Å². The monoisotopic (exact) mass is 422 g/mol. The molecule has 0 bridgehead atoms. The first-order chi connectivity index (χ1) is 14.5. The van der Waals surface area contributed by atoms with E-state index in [4.69, 9.17) is 26.8 Å². The second kappa shape index (κ2) is 8.38. The lowest BCUT2D eigenvalue weighted by Crippen LogP contribution is -2.59. The summed E-state index contributed by atoms with van der Waals surface area (Å²) in [5.74, 6) is -0.577. The molecule has 0 fully saturated rings. The Morgan fingerprint density at radius 3 is 2.53 bits per heavy atom. The molecule has 1 aliphatic rings. The van der Waals surface area contributed by atoms with Gasteiger partial charge in [-0.05, 0) is 47.5 Å². The van der Waals surface area contributed by atoms with Crippen LogP contribution in [0.15, 0.2) is 72.8 Å². The SMILES string of the molecule is CCC1(Oc2cccc(CN)c2)Oc2ccccc2N(Cc2ccc(Cl)cc2)C1=O. The predicted molar refractivity (Wildman–Crippen MR) is 118 cm³/mol. The van der Waals surface area contributed by atoms with Gasteiger partial charge < -0.3 is 15.2 Å². The number of fused-ring (bicyclic) bond motifs is 1. The van der Waals surface area contributed by atoms with E-state index in [1.165, 1.54) is 0 Å². The topological polar surface area (TPSA) is 64.8 Å². The van der Waals surface area contributed by atoms with Crippen molar-refractivity contribution in [2.45, 2.75) is 32.2 Å². The number of hydrogen-bond acceptors (Lipinski definition) is 4. The van der Waals surface area contributed by atoms with Crippen molar-refractivity contribution in [1.82, 2.24) is 0 Å². The largest absolute Gasteiger partial charge is 0.444 e. The Morgan fingerprint density at radius 1 is 1.03 bits per heavy atom. The Labute approximate surface area is 181 Å². The minimum atomic E-state index is -1.46. The van der Waals surface area contributed by atoms with Crippen LogP contribution < -0.4 is 20.1 Å². The van der Waals surface area contributed by atoms with Crippen LogP contribution in [-0.2, 0) is 17.9 Å². The Hall–Kier alpha value is -3.02. The van der Waals surface area contributed by atoms with E-state index in [9.17, 15) is 4.79 Å². The number of anilines is 1. The number of halogens is 1. The Balaban J connectivity index is 1.73. The van der Waals surface area contributed by atoms with Gasteiger partial charge in [0, 0.05) is 18.0 Å². The molecule has 0 aliphatic carbocycles. The van der Waals surface area contributed by atoms with Crippen molar-refractivity contribution in [3.8, 4) is 11.5 Å². The maximum Gasteiger partial charge on any atom is 0.332 e. The molecule has 1 atom stereocenters. The van der Waals surface area contributed by atoms with E-state index in [0.29, 0.717) is 41.7 Å². The van der Waals surface area contributed by atoms with E-state index < -0.39 is 5.79 Å². The van der Waals surface area contributed by atoms with Crippen LogP contribution in [0.2, 0.25) is 5.02 Å². The van der Waals surface area contributed by atoms with Crippen LogP contribution in [0.1, 0.15) is 24.5 Å².